The van der Waals surface area contributed by atoms with Crippen molar-refractivity contribution in [3.05, 3.63) is 21.2 Å². The van der Waals surface area contributed by atoms with Gasteiger partial charge in [-0.25, -0.2) is 0 Å². The molecule has 1 rings (SSSR count). The van der Waals surface area contributed by atoms with Gasteiger partial charge in [-0.1, -0.05) is 26.0 Å². The van der Waals surface area contributed by atoms with Gasteiger partial charge >= 0.3 is 0 Å². The highest BCUT2D eigenvalue weighted by Gasteiger charge is 2.05. The van der Waals surface area contributed by atoms with Gasteiger partial charge in [-0.05, 0) is 43.0 Å². The molecular weight excluding hydrogens is 202 g/mol. The summed E-state index contributed by atoms with van der Waals surface area (Å²) in [5.74, 6) is 0.564. The fourth-order valence-corrected chi connectivity index (χ4v) is 2.41. The first-order valence-corrected chi connectivity index (χ1v) is 6.49. The van der Waals surface area contributed by atoms with Crippen LogP contribution in [-0.4, -0.2) is 13.1 Å². The zero-order valence-corrected chi connectivity index (χ0v) is 10.9. The van der Waals surface area contributed by atoms with Crippen molar-refractivity contribution in [2.45, 2.75) is 33.2 Å². The third-order valence-corrected chi connectivity index (χ3v) is 3.73. The molecule has 84 valence electrons. The molecule has 1 aromatic heterocycles. The Morgan fingerprint density at radius 3 is 2.80 bits per heavy atom. The van der Waals surface area contributed by atoms with Crippen molar-refractivity contribution >= 4 is 23.5 Å². The molecule has 1 N–H and O–H groups in total. The summed E-state index contributed by atoms with van der Waals surface area (Å²) in [5, 5.41) is 6.85. The van der Waals surface area contributed by atoms with E-state index in [1.807, 2.05) is 18.4 Å². The van der Waals surface area contributed by atoms with Gasteiger partial charge in [0.1, 0.15) is 0 Å². The van der Waals surface area contributed by atoms with E-state index in [9.17, 15) is 0 Å². The van der Waals surface area contributed by atoms with Crippen LogP contribution in [0.15, 0.2) is 11.4 Å². The number of thiophene rings is 1. The van der Waals surface area contributed by atoms with Gasteiger partial charge in [0.15, 0.2) is 0 Å². The molecule has 0 aromatic carbocycles. The maximum Gasteiger partial charge on any atom is 0.0299 e. The van der Waals surface area contributed by atoms with Crippen LogP contribution in [0, 0.1) is 5.92 Å². The third kappa shape index (κ3) is 3.47. The van der Waals surface area contributed by atoms with Crippen LogP contribution in [0.5, 0.6) is 0 Å². The van der Waals surface area contributed by atoms with E-state index in [0.29, 0.717) is 12.0 Å². The lowest BCUT2D eigenvalue weighted by atomic mass is 10.0. The summed E-state index contributed by atoms with van der Waals surface area (Å²) in [6, 6.07) is 2.74. The van der Waals surface area contributed by atoms with Gasteiger partial charge in [0.25, 0.3) is 0 Å². The first-order valence-electron chi connectivity index (χ1n) is 5.61. The molecule has 0 amide bonds. The Balaban J connectivity index is 3.00. The zero-order valence-electron chi connectivity index (χ0n) is 10.1. The molecule has 2 heteroatoms. The molecular formula is C13H21NS. The van der Waals surface area contributed by atoms with Crippen LogP contribution in [0.4, 0.5) is 0 Å². The molecule has 2 atom stereocenters. The number of nitrogens with one attached hydrogen (secondary N) is 1. The van der Waals surface area contributed by atoms with Crippen LogP contribution in [0.3, 0.4) is 0 Å². The Morgan fingerprint density at radius 1 is 1.47 bits per heavy atom. The molecule has 15 heavy (non-hydrogen) atoms. The number of rotatable bonds is 4. The van der Waals surface area contributed by atoms with Gasteiger partial charge in [0, 0.05) is 10.6 Å². The first-order chi connectivity index (χ1) is 7.19. The second kappa shape index (κ2) is 6.09. The Kier molecular flexibility index (Phi) is 5.06. The van der Waals surface area contributed by atoms with Gasteiger partial charge in [-0.15, -0.1) is 11.3 Å². The van der Waals surface area contributed by atoms with E-state index in [1.54, 1.807) is 0 Å². The standard InChI is InChI=1S/C13H21NS/c1-5-6-13-12(7-8-15-13)9-10(2)11(3)14-4/h6-11,14H,5H2,1-4H3/b12-9-,13-6+. The Morgan fingerprint density at radius 2 is 2.20 bits per heavy atom. The summed E-state index contributed by atoms with van der Waals surface area (Å²) < 4.78 is 1.41. The summed E-state index contributed by atoms with van der Waals surface area (Å²) >= 11 is 1.83. The van der Waals surface area contributed by atoms with E-state index < -0.39 is 0 Å². The van der Waals surface area contributed by atoms with Crippen LogP contribution in [-0.2, 0) is 0 Å². The van der Waals surface area contributed by atoms with E-state index in [4.69, 9.17) is 0 Å². The molecule has 0 aliphatic rings. The van der Waals surface area contributed by atoms with Crippen LogP contribution in [0.1, 0.15) is 27.2 Å². The number of hydrogen-bond donors (Lipinski definition) is 1. The smallest absolute Gasteiger partial charge is 0.0299 e. The molecule has 0 bridgehead atoms. The molecule has 1 heterocycles. The SMILES string of the molecule is CC/C=c1/scc/c1=C/C(C)C(C)NC. The normalized spacial score (nSPS) is 18.1. The maximum absolute atomic E-state index is 3.29. The largest absolute Gasteiger partial charge is 0.317 e. The predicted octanol–water partition coefficient (Wildman–Crippen LogP) is 1.96. The van der Waals surface area contributed by atoms with Crippen LogP contribution < -0.4 is 15.1 Å². The fourth-order valence-electron chi connectivity index (χ4n) is 1.51. The summed E-state index contributed by atoms with van der Waals surface area (Å²) in [4.78, 5) is 0. The van der Waals surface area contributed by atoms with E-state index in [2.05, 4.69) is 49.7 Å². The van der Waals surface area contributed by atoms with Crippen LogP contribution in [0.2, 0.25) is 0 Å². The van der Waals surface area contributed by atoms with E-state index in [1.165, 1.54) is 9.75 Å². The quantitative estimate of drug-likeness (QED) is 0.823. The van der Waals surface area contributed by atoms with Gasteiger partial charge in [0.2, 0.25) is 0 Å². The second-order valence-corrected chi connectivity index (χ2v) is 4.90. The molecule has 0 saturated heterocycles. The highest BCUT2D eigenvalue weighted by Crippen LogP contribution is 2.02. The van der Waals surface area contributed by atoms with E-state index >= 15 is 0 Å². The minimum absolute atomic E-state index is 0.527. The molecule has 0 aliphatic carbocycles. The Labute approximate surface area is 96.5 Å². The number of hydrogen-bond acceptors (Lipinski definition) is 2. The molecule has 0 spiro atoms. The van der Waals surface area contributed by atoms with Crippen molar-refractivity contribution in [3.63, 3.8) is 0 Å². The Bertz CT molecular complexity index is 391. The summed E-state index contributed by atoms with van der Waals surface area (Å²) in [6.45, 7) is 6.66. The maximum atomic E-state index is 3.29. The average Bonchev–Trinajstić information content (AvgIpc) is 2.65. The predicted molar refractivity (Wildman–Crippen MR) is 70.5 cm³/mol. The summed E-state index contributed by atoms with van der Waals surface area (Å²) in [5.41, 5.74) is 0. The highest BCUT2D eigenvalue weighted by molar-refractivity contribution is 7.07. The van der Waals surface area contributed by atoms with Gasteiger partial charge in [-0.2, -0.15) is 0 Å². The van der Waals surface area contributed by atoms with E-state index in [0.717, 1.165) is 6.42 Å². The summed E-state index contributed by atoms with van der Waals surface area (Å²) in [7, 11) is 2.02. The van der Waals surface area contributed by atoms with Crippen LogP contribution >= 0.6 is 11.3 Å². The molecule has 1 aromatic rings. The van der Waals surface area contributed by atoms with Gasteiger partial charge in [0.05, 0.1) is 0 Å². The monoisotopic (exact) mass is 223 g/mol. The van der Waals surface area contributed by atoms with Gasteiger partial charge < -0.3 is 5.32 Å². The second-order valence-electron chi connectivity index (χ2n) is 3.96. The van der Waals surface area contributed by atoms with Gasteiger partial charge in [-0.3, -0.25) is 0 Å². The topological polar surface area (TPSA) is 12.0 Å². The van der Waals surface area contributed by atoms with E-state index in [-0.39, 0.29) is 0 Å². The minimum atomic E-state index is 0.527. The molecule has 0 radical (unpaired) electrons. The molecule has 1 nitrogen and oxygen atoms in total. The highest BCUT2D eigenvalue weighted by atomic mass is 32.1. The molecule has 2 unspecified atom stereocenters. The Hall–Kier alpha value is -0.600. The van der Waals surface area contributed by atoms with Crippen molar-refractivity contribution in [1.82, 2.24) is 5.32 Å². The molecule has 0 fully saturated rings. The van der Waals surface area contributed by atoms with Crippen LogP contribution in [0.25, 0.3) is 12.2 Å². The van der Waals surface area contributed by atoms with Crippen molar-refractivity contribution < 1.29 is 0 Å². The molecule has 0 saturated carbocycles. The third-order valence-electron chi connectivity index (χ3n) is 2.80. The van der Waals surface area contributed by atoms with Crippen molar-refractivity contribution in [2.75, 3.05) is 7.05 Å². The van der Waals surface area contributed by atoms with Crippen molar-refractivity contribution in [2.24, 2.45) is 5.92 Å². The summed E-state index contributed by atoms with van der Waals surface area (Å²) in [6.07, 6.45) is 5.77. The fraction of sp³-hybridized carbons (Fsp3) is 0.538. The lowest BCUT2D eigenvalue weighted by molar-refractivity contribution is 0.518. The lowest BCUT2D eigenvalue weighted by Gasteiger charge is -2.14. The molecule has 0 aliphatic heterocycles. The van der Waals surface area contributed by atoms with Crippen molar-refractivity contribution in [1.29, 1.82) is 0 Å². The average molecular weight is 223 g/mol. The zero-order chi connectivity index (χ0) is 11.3. The first kappa shape index (κ1) is 12.5. The minimum Gasteiger partial charge on any atom is -0.317 e. The van der Waals surface area contributed by atoms with Crippen molar-refractivity contribution in [3.8, 4) is 0 Å². The lowest BCUT2D eigenvalue weighted by Crippen LogP contribution is -2.30.